The number of sulfone groups is 1. The molecule has 1 rings (SSSR count). The fourth-order valence-corrected chi connectivity index (χ4v) is 2.27. The van der Waals surface area contributed by atoms with Crippen LogP contribution in [0.5, 0.6) is 0 Å². The van der Waals surface area contributed by atoms with Gasteiger partial charge in [0.2, 0.25) is 0 Å². The molecule has 0 saturated heterocycles. The molecule has 0 atom stereocenters. The number of rotatable bonds is 5. The second kappa shape index (κ2) is 6.01. The van der Waals surface area contributed by atoms with E-state index in [2.05, 4.69) is 0 Å². The molecule has 0 aliphatic heterocycles. The van der Waals surface area contributed by atoms with Crippen molar-refractivity contribution in [3.8, 4) is 0 Å². The number of benzene rings is 1. The number of nitrogens with zero attached hydrogens (tertiary/aromatic N) is 1. The van der Waals surface area contributed by atoms with Crippen molar-refractivity contribution < 1.29 is 26.7 Å². The molecule has 1 aromatic rings. The molecule has 0 heterocycles. The molecule has 4 nitrogen and oxygen atoms in total. The molecule has 0 aliphatic carbocycles. The highest BCUT2D eigenvalue weighted by Gasteiger charge is 2.34. The van der Waals surface area contributed by atoms with Crippen molar-refractivity contribution in [2.24, 2.45) is 0 Å². The lowest BCUT2D eigenvalue weighted by Gasteiger charge is -2.23. The fraction of sp³-hybridized carbons (Fsp3) is 0.500. The number of aliphatic hydroxyl groups excluding tert-OH is 1. The summed E-state index contributed by atoms with van der Waals surface area (Å²) < 4.78 is 61.1. The maximum absolute atomic E-state index is 13.0. The molecule has 0 radical (unpaired) electrons. The van der Waals surface area contributed by atoms with Crippen LogP contribution in [0, 0.1) is 0 Å². The van der Waals surface area contributed by atoms with E-state index in [9.17, 15) is 21.6 Å². The van der Waals surface area contributed by atoms with Gasteiger partial charge < -0.3 is 10.0 Å². The lowest BCUT2D eigenvalue weighted by molar-refractivity contribution is -0.137. The van der Waals surface area contributed by atoms with Crippen LogP contribution in [-0.4, -0.2) is 39.1 Å². The van der Waals surface area contributed by atoms with Crippen molar-refractivity contribution in [3.05, 3.63) is 29.3 Å². The summed E-state index contributed by atoms with van der Waals surface area (Å²) in [6.07, 6.45) is -3.54. The Labute approximate surface area is 115 Å². The largest absolute Gasteiger partial charge is 0.418 e. The van der Waals surface area contributed by atoms with Gasteiger partial charge in [0, 0.05) is 25.5 Å². The van der Waals surface area contributed by atoms with Gasteiger partial charge in [0.15, 0.2) is 0 Å². The first-order chi connectivity index (χ1) is 9.04. The van der Waals surface area contributed by atoms with Crippen molar-refractivity contribution in [2.45, 2.75) is 12.8 Å². The molecule has 0 spiro atoms. The molecular weight excluding hydrogens is 295 g/mol. The summed E-state index contributed by atoms with van der Waals surface area (Å²) in [7, 11) is -1.85. The van der Waals surface area contributed by atoms with E-state index in [1.165, 1.54) is 24.1 Å². The van der Waals surface area contributed by atoms with Crippen molar-refractivity contribution in [3.63, 3.8) is 0 Å². The van der Waals surface area contributed by atoms with Gasteiger partial charge in [-0.15, -0.1) is 0 Å². The lowest BCUT2D eigenvalue weighted by Crippen LogP contribution is -2.27. The minimum atomic E-state index is -4.57. The van der Waals surface area contributed by atoms with Crippen LogP contribution in [0.15, 0.2) is 18.2 Å². The van der Waals surface area contributed by atoms with Gasteiger partial charge in [0.05, 0.1) is 17.9 Å². The van der Waals surface area contributed by atoms with E-state index < -0.39 is 28.2 Å². The minimum Gasteiger partial charge on any atom is -0.392 e. The van der Waals surface area contributed by atoms with Gasteiger partial charge in [-0.1, -0.05) is 6.07 Å². The zero-order valence-corrected chi connectivity index (χ0v) is 11.9. The van der Waals surface area contributed by atoms with Crippen molar-refractivity contribution in [1.29, 1.82) is 0 Å². The van der Waals surface area contributed by atoms with Gasteiger partial charge >= 0.3 is 6.18 Å². The highest BCUT2D eigenvalue weighted by atomic mass is 32.2. The molecule has 114 valence electrons. The Morgan fingerprint density at radius 1 is 1.30 bits per heavy atom. The van der Waals surface area contributed by atoms with E-state index in [4.69, 9.17) is 5.11 Å². The summed E-state index contributed by atoms with van der Waals surface area (Å²) in [5, 5.41) is 8.91. The van der Waals surface area contributed by atoms with Gasteiger partial charge in [-0.05, 0) is 17.7 Å². The molecule has 1 N–H and O–H groups in total. The number of hydrogen-bond donors (Lipinski definition) is 1. The molecule has 20 heavy (non-hydrogen) atoms. The third-order valence-corrected chi connectivity index (χ3v) is 3.68. The van der Waals surface area contributed by atoms with Gasteiger partial charge in [0.1, 0.15) is 9.84 Å². The van der Waals surface area contributed by atoms with Crippen LogP contribution < -0.4 is 4.90 Å². The molecule has 0 bridgehead atoms. The van der Waals surface area contributed by atoms with Crippen LogP contribution in [-0.2, 0) is 22.6 Å². The van der Waals surface area contributed by atoms with Gasteiger partial charge in [0.25, 0.3) is 0 Å². The van der Waals surface area contributed by atoms with Crippen molar-refractivity contribution >= 4 is 15.5 Å². The predicted octanol–water partition coefficient (Wildman–Crippen LogP) is 1.68. The molecule has 0 unspecified atom stereocenters. The van der Waals surface area contributed by atoms with Gasteiger partial charge in [-0.3, -0.25) is 0 Å². The molecule has 0 aliphatic rings. The number of halogens is 3. The van der Waals surface area contributed by atoms with Crippen LogP contribution in [0.25, 0.3) is 0 Å². The molecule has 0 aromatic heterocycles. The normalized spacial score (nSPS) is 12.5. The summed E-state index contributed by atoms with van der Waals surface area (Å²) in [5.41, 5.74) is -0.851. The molecule has 8 heteroatoms. The summed E-state index contributed by atoms with van der Waals surface area (Å²) in [6.45, 7) is -0.531. The Morgan fingerprint density at radius 3 is 2.35 bits per heavy atom. The van der Waals surface area contributed by atoms with E-state index in [1.54, 1.807) is 0 Å². The maximum atomic E-state index is 13.0. The number of hydrogen-bond acceptors (Lipinski definition) is 4. The summed E-state index contributed by atoms with van der Waals surface area (Å²) in [4.78, 5) is 1.24. The Bertz CT molecular complexity index is 570. The Morgan fingerprint density at radius 2 is 1.90 bits per heavy atom. The maximum Gasteiger partial charge on any atom is 0.418 e. The van der Waals surface area contributed by atoms with Gasteiger partial charge in [-0.25, -0.2) is 8.42 Å². The number of alkyl halides is 3. The average molecular weight is 311 g/mol. The van der Waals surface area contributed by atoms with E-state index >= 15 is 0 Å². The zero-order chi connectivity index (χ0) is 15.6. The average Bonchev–Trinajstić information content (AvgIpc) is 2.33. The molecule has 0 saturated carbocycles. The second-order valence-electron chi connectivity index (χ2n) is 4.56. The third kappa shape index (κ3) is 4.68. The first kappa shape index (κ1) is 16.8. The van der Waals surface area contributed by atoms with Crippen LogP contribution in [0.2, 0.25) is 0 Å². The Kier molecular flexibility index (Phi) is 5.04. The molecule has 0 amide bonds. The van der Waals surface area contributed by atoms with E-state index in [-0.39, 0.29) is 23.5 Å². The number of anilines is 1. The van der Waals surface area contributed by atoms with Crippen LogP contribution in [0.4, 0.5) is 18.9 Å². The third-order valence-electron chi connectivity index (χ3n) is 2.76. The predicted molar refractivity (Wildman–Crippen MR) is 70.3 cm³/mol. The standard InChI is InChI=1S/C12H16F3NO3S/c1-16(5-6-20(2,18)19)11-4-3-9(8-17)7-10(11)12(13,14)15/h3-4,7,17H,5-6,8H2,1-2H3. The van der Waals surface area contributed by atoms with E-state index in [1.807, 2.05) is 0 Å². The first-order valence-corrected chi connectivity index (χ1v) is 7.80. The minimum absolute atomic E-state index is 0.0413. The van der Waals surface area contributed by atoms with Crippen molar-refractivity contribution in [1.82, 2.24) is 0 Å². The quantitative estimate of drug-likeness (QED) is 0.899. The van der Waals surface area contributed by atoms with E-state index in [0.29, 0.717) is 0 Å². The van der Waals surface area contributed by atoms with Gasteiger partial charge in [-0.2, -0.15) is 13.2 Å². The fourth-order valence-electron chi connectivity index (χ4n) is 1.66. The Hall–Kier alpha value is -1.28. The summed E-state index contributed by atoms with van der Waals surface area (Å²) in [6, 6.07) is 3.48. The topological polar surface area (TPSA) is 57.6 Å². The van der Waals surface area contributed by atoms with Crippen LogP contribution in [0.3, 0.4) is 0 Å². The highest BCUT2D eigenvalue weighted by molar-refractivity contribution is 7.90. The number of aliphatic hydroxyl groups is 1. The summed E-state index contributed by atoms with van der Waals surface area (Å²) in [5.74, 6) is -0.234. The zero-order valence-electron chi connectivity index (χ0n) is 11.1. The molecule has 0 fully saturated rings. The first-order valence-electron chi connectivity index (χ1n) is 5.74. The lowest BCUT2D eigenvalue weighted by atomic mass is 10.1. The van der Waals surface area contributed by atoms with Crippen molar-refractivity contribution in [2.75, 3.05) is 30.5 Å². The van der Waals surface area contributed by atoms with E-state index in [0.717, 1.165) is 12.3 Å². The molecular formula is C12H16F3NO3S. The second-order valence-corrected chi connectivity index (χ2v) is 6.82. The summed E-state index contributed by atoms with van der Waals surface area (Å²) >= 11 is 0. The monoisotopic (exact) mass is 311 g/mol. The highest BCUT2D eigenvalue weighted by Crippen LogP contribution is 2.36. The van der Waals surface area contributed by atoms with Crippen LogP contribution in [0.1, 0.15) is 11.1 Å². The Balaban J connectivity index is 3.10. The molecule has 1 aromatic carbocycles. The SMILES string of the molecule is CN(CCS(C)(=O)=O)c1ccc(CO)cc1C(F)(F)F. The van der Waals surface area contributed by atoms with Crippen LogP contribution >= 0.6 is 0 Å². The smallest absolute Gasteiger partial charge is 0.392 e.